The first-order valence-corrected chi connectivity index (χ1v) is 9.47. The number of methoxy groups -OCH3 is 2. The highest BCUT2D eigenvalue weighted by Gasteiger charge is 2.37. The summed E-state index contributed by atoms with van der Waals surface area (Å²) in [6.45, 7) is 0.536. The summed E-state index contributed by atoms with van der Waals surface area (Å²) in [5, 5.41) is 0.347. The molecule has 7 nitrogen and oxygen atoms in total. The highest BCUT2D eigenvalue weighted by atomic mass is 35.5. The van der Waals surface area contributed by atoms with Gasteiger partial charge in [0.1, 0.15) is 30.5 Å². The Bertz CT molecular complexity index is 873. The molecule has 8 heteroatoms. The molecule has 0 N–H and O–H groups in total. The lowest BCUT2D eigenvalue weighted by Gasteiger charge is -2.20. The van der Waals surface area contributed by atoms with Gasteiger partial charge in [0.2, 0.25) is 5.91 Å². The number of rotatable bonds is 8. The molecule has 1 unspecified atom stereocenters. The summed E-state index contributed by atoms with van der Waals surface area (Å²) < 4.78 is 21.3. The van der Waals surface area contributed by atoms with Crippen LogP contribution in [0.5, 0.6) is 17.2 Å². The van der Waals surface area contributed by atoms with Gasteiger partial charge in [-0.25, -0.2) is 0 Å². The van der Waals surface area contributed by atoms with Crippen molar-refractivity contribution in [2.24, 2.45) is 5.92 Å². The minimum atomic E-state index is -0.565. The molecule has 0 saturated carbocycles. The molecule has 2 aromatic carbocycles. The van der Waals surface area contributed by atoms with Crippen molar-refractivity contribution in [1.82, 2.24) is 0 Å². The highest BCUT2D eigenvalue weighted by molar-refractivity contribution is 6.32. The first kappa shape index (κ1) is 20.8. The fourth-order valence-corrected chi connectivity index (χ4v) is 3.32. The number of benzene rings is 2. The molecule has 154 valence electrons. The Kier molecular flexibility index (Phi) is 6.82. The summed E-state index contributed by atoms with van der Waals surface area (Å²) in [5.74, 6) is 0.375. The Morgan fingerprint density at radius 2 is 1.83 bits per heavy atom. The van der Waals surface area contributed by atoms with E-state index >= 15 is 0 Å². The van der Waals surface area contributed by atoms with Crippen LogP contribution in [-0.4, -0.2) is 45.9 Å². The van der Waals surface area contributed by atoms with Crippen LogP contribution in [0.25, 0.3) is 0 Å². The predicted octanol–water partition coefficient (Wildman–Crippen LogP) is 3.33. The average Bonchev–Trinajstić information content (AvgIpc) is 3.13. The third-order valence-electron chi connectivity index (χ3n) is 4.54. The van der Waals surface area contributed by atoms with E-state index in [2.05, 4.69) is 0 Å². The molecular weight excluding hydrogens is 398 g/mol. The number of anilines is 1. The fourth-order valence-electron chi connectivity index (χ4n) is 3.09. The molecule has 1 atom stereocenters. The monoisotopic (exact) mass is 419 g/mol. The summed E-state index contributed by atoms with van der Waals surface area (Å²) >= 11 is 6.19. The highest BCUT2D eigenvalue weighted by Crippen LogP contribution is 2.40. The maximum absolute atomic E-state index is 12.5. The maximum atomic E-state index is 12.5. The minimum Gasteiger partial charge on any atom is -0.495 e. The molecular formula is C21H22ClNO6. The van der Waals surface area contributed by atoms with E-state index < -0.39 is 11.9 Å². The Labute approximate surface area is 174 Å². The summed E-state index contributed by atoms with van der Waals surface area (Å²) in [6, 6.07) is 12.5. The van der Waals surface area contributed by atoms with Crippen LogP contribution < -0.4 is 19.1 Å². The topological polar surface area (TPSA) is 74.3 Å². The molecule has 0 bridgehead atoms. The number of esters is 1. The molecule has 1 aliphatic rings. The Morgan fingerprint density at radius 1 is 1.10 bits per heavy atom. The molecule has 2 aromatic rings. The lowest BCUT2D eigenvalue weighted by atomic mass is 10.1. The van der Waals surface area contributed by atoms with Gasteiger partial charge in [-0.05, 0) is 18.2 Å². The lowest BCUT2D eigenvalue weighted by Crippen LogP contribution is -2.27. The predicted molar refractivity (Wildman–Crippen MR) is 108 cm³/mol. The fraction of sp³-hybridized carbons (Fsp3) is 0.333. The van der Waals surface area contributed by atoms with Crippen molar-refractivity contribution >= 4 is 29.2 Å². The van der Waals surface area contributed by atoms with Gasteiger partial charge in [-0.2, -0.15) is 0 Å². The third kappa shape index (κ3) is 4.92. The molecule has 0 aromatic heterocycles. The molecule has 0 spiro atoms. The number of para-hydroxylation sites is 1. The van der Waals surface area contributed by atoms with Gasteiger partial charge in [-0.3, -0.25) is 9.59 Å². The Balaban J connectivity index is 1.58. The minimum absolute atomic E-state index is 0.0607. The van der Waals surface area contributed by atoms with E-state index in [1.165, 1.54) is 19.1 Å². The van der Waals surface area contributed by atoms with Gasteiger partial charge in [0.25, 0.3) is 0 Å². The second kappa shape index (κ2) is 9.52. The van der Waals surface area contributed by atoms with E-state index in [0.29, 0.717) is 28.0 Å². The van der Waals surface area contributed by atoms with E-state index in [0.717, 1.165) is 0 Å². The van der Waals surface area contributed by atoms with Gasteiger partial charge in [0.05, 0.1) is 30.8 Å². The summed E-state index contributed by atoms with van der Waals surface area (Å²) in [7, 11) is 2.99. The van der Waals surface area contributed by atoms with Gasteiger partial charge in [0.15, 0.2) is 0 Å². The zero-order chi connectivity index (χ0) is 20.8. The average molecular weight is 420 g/mol. The number of amides is 1. The Morgan fingerprint density at radius 3 is 2.52 bits per heavy atom. The second-order valence-corrected chi connectivity index (χ2v) is 6.80. The van der Waals surface area contributed by atoms with Gasteiger partial charge < -0.3 is 23.8 Å². The number of halogens is 1. The van der Waals surface area contributed by atoms with Crippen LogP contribution in [0.15, 0.2) is 42.5 Å². The van der Waals surface area contributed by atoms with E-state index in [-0.39, 0.29) is 32.1 Å². The number of hydrogen-bond donors (Lipinski definition) is 0. The largest absolute Gasteiger partial charge is 0.495 e. The molecule has 0 radical (unpaired) electrons. The van der Waals surface area contributed by atoms with Crippen LogP contribution in [0.3, 0.4) is 0 Å². The summed E-state index contributed by atoms with van der Waals surface area (Å²) in [5.41, 5.74) is 0.492. The van der Waals surface area contributed by atoms with Crippen molar-refractivity contribution in [3.05, 3.63) is 47.5 Å². The zero-order valence-electron chi connectivity index (χ0n) is 16.2. The van der Waals surface area contributed by atoms with E-state index in [4.69, 9.17) is 30.5 Å². The molecule has 0 aliphatic carbocycles. The number of carbonyl (C=O) groups excluding carboxylic acids is 2. The van der Waals surface area contributed by atoms with Crippen molar-refractivity contribution in [3.8, 4) is 17.2 Å². The first-order valence-electron chi connectivity index (χ1n) is 9.10. The summed E-state index contributed by atoms with van der Waals surface area (Å²) in [4.78, 5) is 26.4. The van der Waals surface area contributed by atoms with E-state index in [1.807, 2.05) is 30.3 Å². The van der Waals surface area contributed by atoms with E-state index in [1.54, 1.807) is 12.1 Å². The molecule has 1 heterocycles. The number of ether oxygens (including phenoxy) is 4. The molecule has 1 fully saturated rings. The van der Waals surface area contributed by atoms with Gasteiger partial charge in [-0.1, -0.05) is 29.8 Å². The first-order chi connectivity index (χ1) is 14.0. The van der Waals surface area contributed by atoms with Crippen LogP contribution in [-0.2, 0) is 14.3 Å². The van der Waals surface area contributed by atoms with Gasteiger partial charge in [0, 0.05) is 19.0 Å². The quantitative estimate of drug-likeness (QED) is 0.482. The molecule has 3 rings (SSSR count). The van der Waals surface area contributed by atoms with Crippen LogP contribution in [0.4, 0.5) is 5.69 Å². The van der Waals surface area contributed by atoms with Crippen LogP contribution in [0.2, 0.25) is 5.02 Å². The number of carbonyl (C=O) groups is 2. The third-order valence-corrected chi connectivity index (χ3v) is 4.84. The van der Waals surface area contributed by atoms with E-state index in [9.17, 15) is 9.59 Å². The standard InChI is InChI=1S/C21H22ClNO6/c1-26-18-12-19(27-2)17(11-16(18)22)23-13-14(10-20(23)24)21(25)29-9-8-28-15-6-4-3-5-7-15/h3-7,11-12,14H,8-10,13H2,1-2H3. The van der Waals surface area contributed by atoms with Crippen molar-refractivity contribution in [1.29, 1.82) is 0 Å². The van der Waals surface area contributed by atoms with Crippen molar-refractivity contribution in [2.75, 3.05) is 38.9 Å². The maximum Gasteiger partial charge on any atom is 0.311 e. The smallest absolute Gasteiger partial charge is 0.311 e. The zero-order valence-corrected chi connectivity index (χ0v) is 17.0. The van der Waals surface area contributed by atoms with Crippen LogP contribution in [0.1, 0.15) is 6.42 Å². The molecule has 1 saturated heterocycles. The van der Waals surface area contributed by atoms with Crippen LogP contribution >= 0.6 is 11.6 Å². The van der Waals surface area contributed by atoms with Gasteiger partial charge >= 0.3 is 5.97 Å². The second-order valence-electron chi connectivity index (χ2n) is 6.39. The van der Waals surface area contributed by atoms with Crippen molar-refractivity contribution < 1.29 is 28.5 Å². The summed E-state index contributed by atoms with van der Waals surface area (Å²) in [6.07, 6.45) is 0.0607. The lowest BCUT2D eigenvalue weighted by molar-refractivity contribution is -0.149. The van der Waals surface area contributed by atoms with Gasteiger partial charge in [-0.15, -0.1) is 0 Å². The number of hydrogen-bond acceptors (Lipinski definition) is 6. The molecule has 1 aliphatic heterocycles. The molecule has 1 amide bonds. The van der Waals surface area contributed by atoms with Crippen molar-refractivity contribution in [3.63, 3.8) is 0 Å². The molecule has 29 heavy (non-hydrogen) atoms. The van der Waals surface area contributed by atoms with Crippen molar-refractivity contribution in [2.45, 2.75) is 6.42 Å². The SMILES string of the molecule is COc1cc(OC)c(N2CC(C(=O)OCCOc3ccccc3)CC2=O)cc1Cl. The number of nitrogens with zero attached hydrogens (tertiary/aromatic N) is 1. The Hall–Kier alpha value is -2.93. The van der Waals surface area contributed by atoms with Crippen LogP contribution in [0, 0.1) is 5.92 Å². The normalized spacial score (nSPS) is 15.9.